The predicted molar refractivity (Wildman–Crippen MR) is 58.4 cm³/mol. The number of guanidine groups is 1. The minimum absolute atomic E-state index is 0.0497. The van der Waals surface area contributed by atoms with Crippen molar-refractivity contribution in [3.63, 3.8) is 0 Å². The molecule has 14 heavy (non-hydrogen) atoms. The third-order valence-electron chi connectivity index (χ3n) is 1.38. The molecule has 0 fully saturated rings. The van der Waals surface area contributed by atoms with Gasteiger partial charge in [0.1, 0.15) is 0 Å². The van der Waals surface area contributed by atoms with Crippen LogP contribution in [0.3, 0.4) is 0 Å². The highest BCUT2D eigenvalue weighted by Gasteiger charge is 2.00. The minimum Gasteiger partial charge on any atom is -0.365 e. The summed E-state index contributed by atoms with van der Waals surface area (Å²) in [5.41, 5.74) is 11.0. The van der Waals surface area contributed by atoms with Gasteiger partial charge < -0.3 is 11.5 Å². The second kappa shape index (κ2) is 4.83. The summed E-state index contributed by atoms with van der Waals surface area (Å²) >= 11 is 11.6. The van der Waals surface area contributed by atoms with E-state index >= 15 is 0 Å². The minimum atomic E-state index is -0.0497. The first-order valence-corrected chi connectivity index (χ1v) is 4.47. The van der Waals surface area contributed by atoms with Crippen molar-refractivity contribution in [3.8, 4) is 0 Å². The van der Waals surface area contributed by atoms with Gasteiger partial charge >= 0.3 is 0 Å². The number of nitrogens with zero attached hydrogens (tertiary/aromatic N) is 1. The van der Waals surface area contributed by atoms with Crippen molar-refractivity contribution in [1.29, 1.82) is 0 Å². The topological polar surface area (TPSA) is 78.4 Å². The molecule has 6 heteroatoms. The second-order valence-electron chi connectivity index (χ2n) is 2.48. The summed E-state index contributed by atoms with van der Waals surface area (Å²) in [6, 6.07) is 5.10. The van der Waals surface area contributed by atoms with E-state index in [1.807, 2.05) is 0 Å². The molecule has 1 aromatic carbocycles. The molecule has 0 unspecified atom stereocenters. The van der Waals surface area contributed by atoms with Crippen molar-refractivity contribution in [3.05, 3.63) is 33.8 Å². The maximum absolute atomic E-state index is 5.88. The Morgan fingerprint density at radius 3 is 2.64 bits per heavy atom. The Labute approximate surface area is 91.2 Å². The van der Waals surface area contributed by atoms with Gasteiger partial charge in [-0.15, -0.1) is 5.10 Å². The number of hydrogen-bond donors (Lipinski definition) is 3. The van der Waals surface area contributed by atoms with Crippen LogP contribution in [0.4, 0.5) is 0 Å². The number of nitrogens with two attached hydrogens (primary N) is 2. The van der Waals surface area contributed by atoms with Crippen LogP contribution in [0.2, 0.25) is 10.0 Å². The van der Waals surface area contributed by atoms with Crippen molar-refractivity contribution in [2.75, 3.05) is 0 Å². The molecule has 0 saturated heterocycles. The maximum Gasteiger partial charge on any atom is 0.256 e. The molecule has 4 nitrogen and oxygen atoms in total. The average molecular weight is 232 g/mol. The standard InChI is InChI=1S/C8H8Cl2N4/c9-6-2-1-5(7(10)3-6)4-13-14-8(11)12/h1-4H,(H4,11,12,14)/p+1/b13-4+. The highest BCUT2D eigenvalue weighted by molar-refractivity contribution is 6.36. The van der Waals surface area contributed by atoms with Crippen LogP contribution in [0.15, 0.2) is 23.3 Å². The van der Waals surface area contributed by atoms with Crippen molar-refractivity contribution in [1.82, 2.24) is 0 Å². The molecule has 0 aliphatic carbocycles. The van der Waals surface area contributed by atoms with Gasteiger partial charge in [0.05, 0.1) is 10.6 Å². The zero-order chi connectivity index (χ0) is 10.6. The number of nitrogens with one attached hydrogen (secondary N) is 1. The highest BCUT2D eigenvalue weighted by atomic mass is 35.5. The molecule has 1 aromatic rings. The monoisotopic (exact) mass is 231 g/mol. The van der Waals surface area contributed by atoms with Gasteiger partial charge in [0, 0.05) is 10.1 Å². The number of benzene rings is 1. The number of rotatable bonds is 2. The molecular weight excluding hydrogens is 223 g/mol. The summed E-state index contributed by atoms with van der Waals surface area (Å²) in [5, 5.41) is 7.21. The Balaban J connectivity index is 2.87. The Morgan fingerprint density at radius 2 is 2.07 bits per heavy atom. The van der Waals surface area contributed by atoms with Gasteiger partial charge in [-0.1, -0.05) is 23.2 Å². The average Bonchev–Trinajstić information content (AvgIpc) is 2.08. The number of halogens is 2. The fraction of sp³-hybridized carbons (Fsp3) is 0. The molecule has 0 radical (unpaired) electrons. The molecule has 0 heterocycles. The summed E-state index contributed by atoms with van der Waals surface area (Å²) in [5.74, 6) is -0.0497. The Hall–Kier alpha value is -1.26. The van der Waals surface area contributed by atoms with E-state index in [1.165, 1.54) is 0 Å². The van der Waals surface area contributed by atoms with Crippen molar-refractivity contribution < 1.29 is 5.10 Å². The quantitative estimate of drug-likeness (QED) is 0.371. The summed E-state index contributed by atoms with van der Waals surface area (Å²) in [6.07, 6.45) is 1.57. The van der Waals surface area contributed by atoms with Gasteiger partial charge in [0.15, 0.2) is 0 Å². The highest BCUT2D eigenvalue weighted by Crippen LogP contribution is 2.18. The van der Waals surface area contributed by atoms with E-state index in [1.54, 1.807) is 24.4 Å². The molecule has 0 aliphatic heterocycles. The maximum atomic E-state index is 5.88. The number of hydrogen-bond acceptors (Lipinski definition) is 1. The third-order valence-corrected chi connectivity index (χ3v) is 1.94. The molecule has 0 bridgehead atoms. The van der Waals surface area contributed by atoms with Crippen LogP contribution in [0.1, 0.15) is 5.56 Å². The smallest absolute Gasteiger partial charge is 0.256 e. The predicted octanol–water partition coefficient (Wildman–Crippen LogP) is -0.319. The van der Waals surface area contributed by atoms with Crippen LogP contribution in [-0.4, -0.2) is 12.2 Å². The largest absolute Gasteiger partial charge is 0.365 e. The molecule has 0 aliphatic rings. The van der Waals surface area contributed by atoms with Crippen molar-refractivity contribution in [2.24, 2.45) is 16.6 Å². The molecular formula is C8H9Cl2N4+. The third kappa shape index (κ3) is 3.24. The molecule has 5 N–H and O–H groups in total. The zero-order valence-corrected chi connectivity index (χ0v) is 8.68. The van der Waals surface area contributed by atoms with Crippen LogP contribution in [0, 0.1) is 0 Å². The van der Waals surface area contributed by atoms with Crippen LogP contribution in [0.25, 0.3) is 0 Å². The molecule has 0 spiro atoms. The molecule has 0 amide bonds. The Kier molecular flexibility index (Phi) is 3.73. The summed E-state index contributed by atoms with van der Waals surface area (Å²) < 4.78 is 0. The van der Waals surface area contributed by atoms with Gasteiger partial charge in [0.2, 0.25) is 6.21 Å². The van der Waals surface area contributed by atoms with Crippen molar-refractivity contribution >= 4 is 35.4 Å². The lowest BCUT2D eigenvalue weighted by atomic mass is 10.2. The van der Waals surface area contributed by atoms with Crippen LogP contribution in [0.5, 0.6) is 0 Å². The second-order valence-corrected chi connectivity index (χ2v) is 3.32. The fourth-order valence-corrected chi connectivity index (χ4v) is 1.26. The molecule has 0 aromatic heterocycles. The molecule has 74 valence electrons. The van der Waals surface area contributed by atoms with Gasteiger partial charge in [-0.05, 0) is 18.2 Å². The van der Waals surface area contributed by atoms with Crippen LogP contribution in [-0.2, 0) is 0 Å². The fourth-order valence-electron chi connectivity index (χ4n) is 0.795. The van der Waals surface area contributed by atoms with E-state index in [-0.39, 0.29) is 5.96 Å². The van der Waals surface area contributed by atoms with Gasteiger partial charge in [-0.3, -0.25) is 0 Å². The van der Waals surface area contributed by atoms with Crippen molar-refractivity contribution in [2.45, 2.75) is 0 Å². The normalized spacial score (nSPS) is 10.4. The Bertz CT molecular complexity index is 383. The first kappa shape index (κ1) is 10.8. The van der Waals surface area contributed by atoms with Gasteiger partial charge in [0.25, 0.3) is 5.96 Å². The lowest BCUT2D eigenvalue weighted by Gasteiger charge is -1.93. The van der Waals surface area contributed by atoms with Crippen LogP contribution >= 0.6 is 23.2 Å². The van der Waals surface area contributed by atoms with Gasteiger partial charge in [-0.25, -0.2) is 0 Å². The SMILES string of the molecule is NC(N)=N/[NH+]=C/c1ccc(Cl)cc1Cl. The molecule has 1 rings (SSSR count). The summed E-state index contributed by atoms with van der Waals surface area (Å²) in [4.78, 5) is 0. The molecule has 0 atom stereocenters. The summed E-state index contributed by atoms with van der Waals surface area (Å²) in [7, 11) is 0. The number of hydrazone groups is 1. The van der Waals surface area contributed by atoms with E-state index in [4.69, 9.17) is 34.7 Å². The van der Waals surface area contributed by atoms with E-state index in [0.717, 1.165) is 5.56 Å². The first-order chi connectivity index (χ1) is 6.59. The van der Waals surface area contributed by atoms with E-state index in [2.05, 4.69) is 10.2 Å². The lowest BCUT2D eigenvalue weighted by Crippen LogP contribution is -2.63. The summed E-state index contributed by atoms with van der Waals surface area (Å²) in [6.45, 7) is 0. The molecule has 0 saturated carbocycles. The van der Waals surface area contributed by atoms with Crippen LogP contribution < -0.4 is 16.6 Å². The van der Waals surface area contributed by atoms with Gasteiger partial charge in [-0.2, -0.15) is 0 Å². The van der Waals surface area contributed by atoms with E-state index in [0.29, 0.717) is 10.0 Å². The zero-order valence-electron chi connectivity index (χ0n) is 7.17. The Morgan fingerprint density at radius 1 is 1.36 bits per heavy atom. The van der Waals surface area contributed by atoms with E-state index < -0.39 is 0 Å². The lowest BCUT2D eigenvalue weighted by molar-refractivity contribution is -0.456. The van der Waals surface area contributed by atoms with E-state index in [9.17, 15) is 0 Å². The first-order valence-electron chi connectivity index (χ1n) is 3.72.